The number of hydrogen-bond acceptors (Lipinski definition) is 9. The maximum atomic E-state index is 13.7. The molecule has 2 aliphatic rings. The highest BCUT2D eigenvalue weighted by Crippen LogP contribution is 2.34. The first-order valence-electron chi connectivity index (χ1n) is 14.7. The predicted molar refractivity (Wildman–Crippen MR) is 161 cm³/mol. The van der Waals surface area contributed by atoms with Crippen molar-refractivity contribution in [2.75, 3.05) is 19.6 Å². The number of carbonyl (C=O) groups is 3. The van der Waals surface area contributed by atoms with E-state index in [2.05, 4.69) is 30.8 Å². The number of nitrogens with zero attached hydrogens (tertiary/aromatic N) is 8. The van der Waals surface area contributed by atoms with E-state index in [1.54, 1.807) is 0 Å². The van der Waals surface area contributed by atoms with E-state index >= 15 is 0 Å². The van der Waals surface area contributed by atoms with Gasteiger partial charge in [-0.05, 0) is 56.2 Å². The molecule has 3 N–H and O–H groups in total. The number of halogens is 4. The quantitative estimate of drug-likeness (QED) is 0.232. The maximum Gasteiger partial charge on any atom is 0.416 e. The molecular weight excluding hydrogens is 661 g/mol. The first kappa shape index (κ1) is 32.8. The van der Waals surface area contributed by atoms with E-state index in [1.807, 2.05) is 6.92 Å². The molecule has 1 unspecified atom stereocenters. The SMILES string of the molecule is CC1(NC(=O)c2cccnc2-n2nc(Cn3nc(-c4ccc(Cl)cc4)n(CC(O)C(F)(F)F)c3=O)nc2C(=O)N2CCNC(=O)C2)CC1. The molecule has 1 aliphatic carbocycles. The van der Waals surface area contributed by atoms with Gasteiger partial charge in [-0.1, -0.05) is 11.6 Å². The van der Waals surface area contributed by atoms with Gasteiger partial charge in [0.25, 0.3) is 11.8 Å². The van der Waals surface area contributed by atoms with Gasteiger partial charge in [0.1, 0.15) is 13.1 Å². The molecule has 19 heteroatoms. The van der Waals surface area contributed by atoms with Gasteiger partial charge in [0.05, 0.1) is 12.1 Å². The molecule has 6 rings (SSSR count). The van der Waals surface area contributed by atoms with Crippen LogP contribution < -0.4 is 16.3 Å². The monoisotopic (exact) mass is 688 g/mol. The molecule has 15 nitrogen and oxygen atoms in total. The molecule has 2 fully saturated rings. The van der Waals surface area contributed by atoms with Crippen LogP contribution in [0.2, 0.25) is 5.02 Å². The van der Waals surface area contributed by atoms with E-state index in [-0.39, 0.29) is 59.6 Å². The van der Waals surface area contributed by atoms with E-state index in [0.29, 0.717) is 9.59 Å². The number of aromatic nitrogens is 7. The van der Waals surface area contributed by atoms with Crippen LogP contribution in [0.5, 0.6) is 0 Å². The fraction of sp³-hybridized carbons (Fsp3) is 0.379. The lowest BCUT2D eigenvalue weighted by Gasteiger charge is -2.26. The molecule has 48 heavy (non-hydrogen) atoms. The lowest BCUT2D eigenvalue weighted by molar-refractivity contribution is -0.207. The Bertz CT molecular complexity index is 1950. The number of benzene rings is 1. The summed E-state index contributed by atoms with van der Waals surface area (Å²) in [5.74, 6) is -2.37. The summed E-state index contributed by atoms with van der Waals surface area (Å²) in [6.45, 7) is 0.253. The number of pyridine rings is 1. The van der Waals surface area contributed by atoms with Gasteiger partial charge in [0.15, 0.2) is 23.6 Å². The van der Waals surface area contributed by atoms with Gasteiger partial charge in [-0.25, -0.2) is 19.4 Å². The topological polar surface area (TPSA) is 182 Å². The molecule has 0 spiro atoms. The number of aliphatic hydroxyl groups excluding tert-OH is 1. The fourth-order valence-corrected chi connectivity index (χ4v) is 5.12. The molecule has 3 amide bonds. The highest BCUT2D eigenvalue weighted by atomic mass is 35.5. The minimum Gasteiger partial charge on any atom is -0.382 e. The summed E-state index contributed by atoms with van der Waals surface area (Å²) in [7, 11) is 0. The summed E-state index contributed by atoms with van der Waals surface area (Å²) in [6, 6.07) is 8.82. The third-order valence-electron chi connectivity index (χ3n) is 7.86. The molecule has 4 aromatic rings. The van der Waals surface area contributed by atoms with Crippen molar-refractivity contribution in [2.45, 2.75) is 50.7 Å². The Labute approximate surface area is 274 Å². The second-order valence-corrected chi connectivity index (χ2v) is 12.1. The smallest absolute Gasteiger partial charge is 0.382 e. The number of rotatable bonds is 9. The van der Waals surface area contributed by atoms with Gasteiger partial charge in [-0.3, -0.25) is 19.0 Å². The van der Waals surface area contributed by atoms with Crippen LogP contribution in [0.25, 0.3) is 17.2 Å². The van der Waals surface area contributed by atoms with E-state index < -0.39 is 48.8 Å². The minimum absolute atomic E-state index is 0.0594. The zero-order valence-corrected chi connectivity index (χ0v) is 26.0. The molecule has 1 aliphatic heterocycles. The van der Waals surface area contributed by atoms with Crippen LogP contribution in [0.15, 0.2) is 47.4 Å². The van der Waals surface area contributed by atoms with Crippen LogP contribution in [-0.2, 0) is 17.9 Å². The van der Waals surface area contributed by atoms with Crippen LogP contribution in [0.4, 0.5) is 13.2 Å². The first-order chi connectivity index (χ1) is 22.7. The van der Waals surface area contributed by atoms with E-state index in [9.17, 15) is 37.5 Å². The fourth-order valence-electron chi connectivity index (χ4n) is 4.99. The van der Waals surface area contributed by atoms with Crippen molar-refractivity contribution in [2.24, 2.45) is 0 Å². The zero-order valence-electron chi connectivity index (χ0n) is 25.2. The predicted octanol–water partition coefficient (Wildman–Crippen LogP) is 1.17. The third-order valence-corrected chi connectivity index (χ3v) is 8.12. The van der Waals surface area contributed by atoms with E-state index in [0.717, 1.165) is 22.2 Å². The minimum atomic E-state index is -5.02. The number of amides is 3. The summed E-state index contributed by atoms with van der Waals surface area (Å²) < 4.78 is 42.5. The van der Waals surface area contributed by atoms with Gasteiger partial charge < -0.3 is 20.6 Å². The lowest BCUT2D eigenvalue weighted by atomic mass is 10.2. The molecule has 0 bridgehead atoms. The molecule has 4 heterocycles. The molecule has 1 saturated carbocycles. The van der Waals surface area contributed by atoms with Crippen molar-refractivity contribution in [3.8, 4) is 17.2 Å². The normalized spacial score (nSPS) is 16.4. The van der Waals surface area contributed by atoms with Gasteiger partial charge in [-0.15, -0.1) is 10.2 Å². The van der Waals surface area contributed by atoms with E-state index in [4.69, 9.17) is 11.6 Å². The number of alkyl halides is 3. The Morgan fingerprint density at radius 1 is 1.15 bits per heavy atom. The van der Waals surface area contributed by atoms with Gasteiger partial charge in [0.2, 0.25) is 11.7 Å². The highest BCUT2D eigenvalue weighted by molar-refractivity contribution is 6.30. The van der Waals surface area contributed by atoms with Crippen LogP contribution in [0.3, 0.4) is 0 Å². The average Bonchev–Trinajstić information content (AvgIpc) is 3.49. The summed E-state index contributed by atoms with van der Waals surface area (Å²) in [5.41, 5.74) is -1.12. The Morgan fingerprint density at radius 2 is 1.88 bits per heavy atom. The van der Waals surface area contributed by atoms with Crippen LogP contribution in [0.1, 0.15) is 46.6 Å². The molecular formula is C29H28ClF3N10O5. The summed E-state index contributed by atoms with van der Waals surface area (Å²) in [4.78, 5) is 62.4. The standard InChI is InChI=1S/C29H28ClF3N10O5/c1-28(8-9-28)37-25(46)18-3-2-10-35-23(18)43-24(26(47)40-12-11-34-21(45)15-40)36-20(38-43)14-42-27(48)41(13-19(44)29(31,32)33)22(39-42)16-4-6-17(30)7-5-16/h2-7,10,19,44H,8-9,11-15H2,1H3,(H,34,45)(H,37,46). The molecule has 252 valence electrons. The zero-order chi connectivity index (χ0) is 34.4. The maximum absolute atomic E-state index is 13.7. The number of aliphatic hydroxyl groups is 1. The van der Waals surface area contributed by atoms with Crippen molar-refractivity contribution >= 4 is 29.3 Å². The Kier molecular flexibility index (Phi) is 8.54. The van der Waals surface area contributed by atoms with Crippen molar-refractivity contribution in [3.05, 3.63) is 75.3 Å². The van der Waals surface area contributed by atoms with Crippen molar-refractivity contribution in [1.82, 2.24) is 49.6 Å². The van der Waals surface area contributed by atoms with Crippen molar-refractivity contribution < 1.29 is 32.7 Å². The van der Waals surface area contributed by atoms with E-state index in [1.165, 1.54) is 47.5 Å². The summed E-state index contributed by atoms with van der Waals surface area (Å²) in [6.07, 6.45) is -4.97. The molecule has 1 saturated heterocycles. The largest absolute Gasteiger partial charge is 0.416 e. The lowest BCUT2D eigenvalue weighted by Crippen LogP contribution is -2.50. The van der Waals surface area contributed by atoms with Crippen LogP contribution in [-0.4, -0.2) is 99.3 Å². The van der Waals surface area contributed by atoms with Crippen LogP contribution >= 0.6 is 11.6 Å². The number of carbonyl (C=O) groups excluding carboxylic acids is 3. The van der Waals surface area contributed by atoms with Gasteiger partial charge in [0, 0.05) is 35.4 Å². The second-order valence-electron chi connectivity index (χ2n) is 11.7. The Hall–Kier alpha value is -5.10. The number of hydrogen-bond donors (Lipinski definition) is 3. The van der Waals surface area contributed by atoms with Gasteiger partial charge >= 0.3 is 11.9 Å². The van der Waals surface area contributed by atoms with Crippen molar-refractivity contribution in [1.29, 1.82) is 0 Å². The first-order valence-corrected chi connectivity index (χ1v) is 15.1. The molecule has 3 aromatic heterocycles. The summed E-state index contributed by atoms with van der Waals surface area (Å²) >= 11 is 5.96. The third kappa shape index (κ3) is 6.79. The van der Waals surface area contributed by atoms with Crippen molar-refractivity contribution in [3.63, 3.8) is 0 Å². The average molecular weight is 689 g/mol. The van der Waals surface area contributed by atoms with Gasteiger partial charge in [-0.2, -0.15) is 17.9 Å². The Morgan fingerprint density at radius 3 is 2.54 bits per heavy atom. The molecule has 1 atom stereocenters. The Balaban J connectivity index is 1.42. The molecule has 0 radical (unpaired) electrons. The highest BCUT2D eigenvalue weighted by Gasteiger charge is 2.41. The number of piperazine rings is 1. The van der Waals surface area contributed by atoms with Crippen LogP contribution in [0, 0.1) is 0 Å². The molecule has 1 aromatic carbocycles. The summed E-state index contributed by atoms with van der Waals surface area (Å²) in [5, 5.41) is 24.3. The second kappa shape index (κ2) is 12.5. The number of nitrogens with one attached hydrogen (secondary N) is 2.